The van der Waals surface area contributed by atoms with Crippen molar-refractivity contribution in [3.63, 3.8) is 0 Å². The molecule has 1 fully saturated rings. The molecule has 1 aliphatic rings. The fourth-order valence-electron chi connectivity index (χ4n) is 2.19. The van der Waals surface area contributed by atoms with Crippen molar-refractivity contribution in [2.45, 2.75) is 19.8 Å². The number of carbonyl (C=O) groups excluding carboxylic acids is 1. The van der Waals surface area contributed by atoms with E-state index in [1.807, 2.05) is 24.3 Å². The van der Waals surface area contributed by atoms with Gasteiger partial charge in [0.2, 0.25) is 0 Å². The second kappa shape index (κ2) is 5.83. The van der Waals surface area contributed by atoms with Crippen molar-refractivity contribution in [1.29, 1.82) is 0 Å². The molecule has 1 saturated heterocycles. The highest BCUT2D eigenvalue weighted by atomic mass is 79.9. The highest BCUT2D eigenvalue weighted by Crippen LogP contribution is 2.31. The molecule has 0 aromatic heterocycles. The van der Waals surface area contributed by atoms with E-state index in [0.29, 0.717) is 25.9 Å². The molecule has 1 aromatic rings. The van der Waals surface area contributed by atoms with Gasteiger partial charge in [-0.15, -0.1) is 0 Å². The monoisotopic (exact) mass is 340 g/mol. The Balaban J connectivity index is 1.94. The third kappa shape index (κ3) is 3.30. The Morgan fingerprint density at radius 1 is 1.35 bits per heavy atom. The first-order valence-corrected chi connectivity index (χ1v) is 7.25. The summed E-state index contributed by atoms with van der Waals surface area (Å²) in [5.41, 5.74) is 0.00275. The molecule has 1 aliphatic heterocycles. The van der Waals surface area contributed by atoms with E-state index in [9.17, 15) is 9.59 Å². The smallest absolute Gasteiger partial charge is 0.321 e. The highest BCUT2D eigenvalue weighted by Gasteiger charge is 2.38. The highest BCUT2D eigenvalue weighted by molar-refractivity contribution is 9.10. The van der Waals surface area contributed by atoms with Gasteiger partial charge in [0.15, 0.2) is 0 Å². The Hall–Kier alpha value is -1.56. The van der Waals surface area contributed by atoms with E-state index in [1.54, 1.807) is 11.8 Å². The van der Waals surface area contributed by atoms with Gasteiger partial charge in [-0.1, -0.05) is 22.0 Å². The maximum atomic E-state index is 12.1. The van der Waals surface area contributed by atoms with Crippen molar-refractivity contribution in [1.82, 2.24) is 4.90 Å². The molecule has 2 rings (SSSR count). The molecular formula is C14H17BrN2O3. The quantitative estimate of drug-likeness (QED) is 0.868. The molecule has 6 heteroatoms. The van der Waals surface area contributed by atoms with E-state index in [-0.39, 0.29) is 6.03 Å². The maximum absolute atomic E-state index is 12.1. The minimum Gasteiger partial charge on any atom is -0.481 e. The molecule has 1 aromatic carbocycles. The van der Waals surface area contributed by atoms with Gasteiger partial charge in [-0.3, -0.25) is 4.79 Å². The maximum Gasteiger partial charge on any atom is 0.321 e. The van der Waals surface area contributed by atoms with Gasteiger partial charge in [0.1, 0.15) is 0 Å². The fourth-order valence-corrected chi connectivity index (χ4v) is 2.59. The number of anilines is 1. The van der Waals surface area contributed by atoms with Crippen LogP contribution in [0.5, 0.6) is 0 Å². The van der Waals surface area contributed by atoms with Gasteiger partial charge in [0.05, 0.1) is 5.41 Å². The molecule has 0 atom stereocenters. The van der Waals surface area contributed by atoms with Crippen LogP contribution in [0, 0.1) is 5.41 Å². The zero-order chi connectivity index (χ0) is 14.8. The molecule has 0 spiro atoms. The number of halogens is 1. The van der Waals surface area contributed by atoms with Crippen LogP contribution in [-0.4, -0.2) is 35.1 Å². The van der Waals surface area contributed by atoms with Crippen LogP contribution in [0.25, 0.3) is 0 Å². The van der Waals surface area contributed by atoms with Gasteiger partial charge in [-0.05, 0) is 38.0 Å². The number of carboxylic acids is 1. The van der Waals surface area contributed by atoms with Crippen molar-refractivity contribution in [3.05, 3.63) is 28.7 Å². The number of urea groups is 1. The lowest BCUT2D eigenvalue weighted by Crippen LogP contribution is -2.46. The van der Waals surface area contributed by atoms with Gasteiger partial charge >= 0.3 is 12.0 Å². The van der Waals surface area contributed by atoms with Gasteiger partial charge in [0, 0.05) is 23.2 Å². The number of aliphatic carboxylic acids is 1. The van der Waals surface area contributed by atoms with Crippen LogP contribution in [-0.2, 0) is 4.79 Å². The van der Waals surface area contributed by atoms with E-state index in [4.69, 9.17) is 5.11 Å². The minimum absolute atomic E-state index is 0.185. The summed E-state index contributed by atoms with van der Waals surface area (Å²) in [6.07, 6.45) is 0.961. The average Bonchev–Trinajstić information content (AvgIpc) is 2.39. The lowest BCUT2D eigenvalue weighted by Gasteiger charge is -2.36. The number of carbonyl (C=O) groups is 2. The summed E-state index contributed by atoms with van der Waals surface area (Å²) < 4.78 is 0.896. The first kappa shape index (κ1) is 14.8. The van der Waals surface area contributed by atoms with Crippen molar-refractivity contribution < 1.29 is 14.7 Å². The number of nitrogens with zero attached hydrogens (tertiary/aromatic N) is 1. The van der Waals surface area contributed by atoms with Gasteiger partial charge in [-0.2, -0.15) is 0 Å². The van der Waals surface area contributed by atoms with Crippen LogP contribution in [0.1, 0.15) is 19.8 Å². The van der Waals surface area contributed by atoms with Gasteiger partial charge in [-0.25, -0.2) is 4.79 Å². The fraction of sp³-hybridized carbons (Fsp3) is 0.429. The Morgan fingerprint density at radius 2 is 2.00 bits per heavy atom. The van der Waals surface area contributed by atoms with Crippen LogP contribution >= 0.6 is 15.9 Å². The SMILES string of the molecule is CC1(C(=O)O)CCN(C(=O)Nc2cccc(Br)c2)CC1. The topological polar surface area (TPSA) is 69.6 Å². The number of nitrogens with one attached hydrogen (secondary N) is 1. The molecule has 0 aliphatic carbocycles. The average molecular weight is 341 g/mol. The van der Waals surface area contributed by atoms with Gasteiger partial charge in [0.25, 0.3) is 0 Å². The van der Waals surface area contributed by atoms with E-state index in [0.717, 1.165) is 10.2 Å². The normalized spacial score (nSPS) is 17.6. The lowest BCUT2D eigenvalue weighted by atomic mass is 9.80. The van der Waals surface area contributed by atoms with Crippen LogP contribution in [0.15, 0.2) is 28.7 Å². The number of hydrogen-bond acceptors (Lipinski definition) is 2. The van der Waals surface area contributed by atoms with Crippen molar-refractivity contribution in [3.8, 4) is 0 Å². The molecule has 0 radical (unpaired) electrons. The second-order valence-corrected chi connectivity index (χ2v) is 6.21. The number of rotatable bonds is 2. The van der Waals surface area contributed by atoms with Crippen molar-refractivity contribution in [2.24, 2.45) is 5.41 Å². The third-order valence-corrected chi connectivity index (χ3v) is 4.24. The summed E-state index contributed by atoms with van der Waals surface area (Å²) in [5.74, 6) is -0.787. The number of carboxylic acid groups (broad SMARTS) is 1. The largest absolute Gasteiger partial charge is 0.481 e. The van der Waals surface area contributed by atoms with Crippen molar-refractivity contribution in [2.75, 3.05) is 18.4 Å². The van der Waals surface area contributed by atoms with Crippen molar-refractivity contribution >= 4 is 33.6 Å². The standard InChI is InChI=1S/C14H17BrN2O3/c1-14(12(18)19)5-7-17(8-6-14)13(20)16-11-4-2-3-10(15)9-11/h2-4,9H,5-8H2,1H3,(H,16,20)(H,18,19). The van der Waals surface area contributed by atoms with E-state index >= 15 is 0 Å². The predicted octanol–water partition coefficient (Wildman–Crippen LogP) is 3.17. The Bertz CT molecular complexity index is 525. The zero-order valence-electron chi connectivity index (χ0n) is 11.2. The molecule has 2 amide bonds. The zero-order valence-corrected chi connectivity index (χ0v) is 12.8. The number of likely N-dealkylation sites (tertiary alicyclic amines) is 1. The summed E-state index contributed by atoms with van der Waals surface area (Å²) >= 11 is 3.35. The Kier molecular flexibility index (Phi) is 4.32. The molecule has 0 unspecified atom stereocenters. The van der Waals surface area contributed by atoms with Crippen LogP contribution in [0.2, 0.25) is 0 Å². The lowest BCUT2D eigenvalue weighted by molar-refractivity contribution is -0.150. The summed E-state index contributed by atoms with van der Waals surface area (Å²) in [6.45, 7) is 2.66. The Labute approximate surface area is 126 Å². The molecule has 0 bridgehead atoms. The molecule has 2 N–H and O–H groups in total. The van der Waals surface area contributed by atoms with Crippen LogP contribution < -0.4 is 5.32 Å². The van der Waals surface area contributed by atoms with Crippen LogP contribution in [0.4, 0.5) is 10.5 Å². The number of amides is 2. The molecule has 0 saturated carbocycles. The predicted molar refractivity (Wildman–Crippen MR) is 79.7 cm³/mol. The molecular weight excluding hydrogens is 324 g/mol. The summed E-state index contributed by atoms with van der Waals surface area (Å²) in [6, 6.07) is 7.18. The van der Waals surface area contributed by atoms with E-state index < -0.39 is 11.4 Å². The number of piperidine rings is 1. The Morgan fingerprint density at radius 3 is 2.55 bits per heavy atom. The van der Waals surface area contributed by atoms with Crippen LogP contribution in [0.3, 0.4) is 0 Å². The minimum atomic E-state index is -0.787. The van der Waals surface area contributed by atoms with E-state index in [2.05, 4.69) is 21.2 Å². The summed E-state index contributed by atoms with van der Waals surface area (Å²) in [4.78, 5) is 24.9. The molecule has 108 valence electrons. The van der Waals surface area contributed by atoms with E-state index in [1.165, 1.54) is 0 Å². The summed E-state index contributed by atoms with van der Waals surface area (Å²) in [5, 5.41) is 12.0. The number of hydrogen-bond donors (Lipinski definition) is 2. The molecule has 20 heavy (non-hydrogen) atoms. The second-order valence-electron chi connectivity index (χ2n) is 5.29. The molecule has 1 heterocycles. The third-order valence-electron chi connectivity index (χ3n) is 3.75. The number of benzene rings is 1. The molecule has 5 nitrogen and oxygen atoms in total. The first-order valence-electron chi connectivity index (χ1n) is 6.46. The summed E-state index contributed by atoms with van der Waals surface area (Å²) in [7, 11) is 0. The first-order chi connectivity index (χ1) is 9.40. The van der Waals surface area contributed by atoms with Gasteiger partial charge < -0.3 is 15.3 Å².